The van der Waals surface area contributed by atoms with E-state index >= 15 is 0 Å². The van der Waals surface area contributed by atoms with Crippen molar-refractivity contribution >= 4 is 15.9 Å². The molecule has 0 aromatic carbocycles. The quantitative estimate of drug-likeness (QED) is 0.444. The van der Waals surface area contributed by atoms with E-state index in [1.807, 2.05) is 27.7 Å². The van der Waals surface area contributed by atoms with Crippen molar-refractivity contribution in [2.24, 2.45) is 5.41 Å². The number of hydrogen-bond acceptors (Lipinski definition) is 3. The lowest BCUT2D eigenvalue weighted by Crippen LogP contribution is -2.47. The van der Waals surface area contributed by atoms with Gasteiger partial charge in [-0.25, -0.2) is 0 Å². The molecule has 0 radical (unpaired) electrons. The number of alkyl halides is 1. The van der Waals surface area contributed by atoms with E-state index in [1.165, 1.54) is 6.26 Å². The van der Waals surface area contributed by atoms with Gasteiger partial charge in [-0.05, 0) is 13.8 Å². The van der Waals surface area contributed by atoms with Crippen LogP contribution >= 0.6 is 15.9 Å². The molecule has 4 heteroatoms. The summed E-state index contributed by atoms with van der Waals surface area (Å²) >= 11 is 3.01. The first kappa shape index (κ1) is 20.8. The van der Waals surface area contributed by atoms with Gasteiger partial charge >= 0.3 is 0 Å². The van der Waals surface area contributed by atoms with E-state index in [4.69, 9.17) is 20.6 Å². The number of rotatable bonds is 3. The van der Waals surface area contributed by atoms with Crippen LogP contribution in [0.3, 0.4) is 0 Å². The van der Waals surface area contributed by atoms with Gasteiger partial charge in [-0.15, -0.1) is 6.42 Å². The number of halogens is 1. The second kappa shape index (κ2) is 11.3. The number of hydrogen-bond donors (Lipinski definition) is 0. The summed E-state index contributed by atoms with van der Waals surface area (Å²) in [4.78, 5) is 0. The van der Waals surface area contributed by atoms with Gasteiger partial charge in [0.2, 0.25) is 0 Å². The van der Waals surface area contributed by atoms with E-state index in [-0.39, 0.29) is 5.41 Å². The minimum Gasteiger partial charge on any atom is -0.501 e. The zero-order valence-corrected chi connectivity index (χ0v) is 14.4. The highest BCUT2D eigenvalue weighted by Gasteiger charge is 2.36. The maximum atomic E-state index is 5.54. The molecule has 0 bridgehead atoms. The molecular formula is C15H27BrO3. The van der Waals surface area contributed by atoms with Crippen molar-refractivity contribution in [2.45, 2.75) is 40.4 Å². The van der Waals surface area contributed by atoms with E-state index in [2.05, 4.69) is 35.4 Å². The summed E-state index contributed by atoms with van der Waals surface area (Å²) in [6.07, 6.45) is 6.18. The van der Waals surface area contributed by atoms with Crippen LogP contribution in [0.2, 0.25) is 0 Å². The Kier molecular flexibility index (Phi) is 12.4. The van der Waals surface area contributed by atoms with E-state index < -0.39 is 5.79 Å². The third-order valence-electron chi connectivity index (χ3n) is 2.16. The molecule has 19 heavy (non-hydrogen) atoms. The van der Waals surface area contributed by atoms with Crippen molar-refractivity contribution in [3.8, 4) is 12.3 Å². The SMILES string of the molecule is C#CCBr.C=COCC1(C)COC(C)(C)OC1.CC. The molecule has 3 nitrogen and oxygen atoms in total. The molecule has 1 heterocycles. The zero-order chi connectivity index (χ0) is 15.4. The van der Waals surface area contributed by atoms with Crippen molar-refractivity contribution in [3.05, 3.63) is 12.8 Å². The van der Waals surface area contributed by atoms with Crippen LogP contribution in [0, 0.1) is 17.8 Å². The first-order valence-electron chi connectivity index (χ1n) is 6.39. The lowest BCUT2D eigenvalue weighted by Gasteiger charge is -2.40. The van der Waals surface area contributed by atoms with Crippen molar-refractivity contribution in [2.75, 3.05) is 25.2 Å². The predicted octanol–water partition coefficient (Wildman–Crippen LogP) is 3.98. The Balaban J connectivity index is 0. The van der Waals surface area contributed by atoms with Gasteiger partial charge in [-0.3, -0.25) is 0 Å². The standard InChI is InChI=1S/C10H18O3.C3H3Br.C2H6/c1-5-11-6-10(4)7-12-9(2,3)13-8-10;1-2-3-4;1-2/h5H,1,6-8H2,2-4H3;1H,3H2;1-2H3. The van der Waals surface area contributed by atoms with Gasteiger partial charge in [0.1, 0.15) is 0 Å². The molecule has 1 aliphatic heterocycles. The topological polar surface area (TPSA) is 27.7 Å². The molecule has 1 aliphatic rings. The van der Waals surface area contributed by atoms with Gasteiger partial charge in [0, 0.05) is 5.41 Å². The van der Waals surface area contributed by atoms with Crippen LogP contribution in [0.5, 0.6) is 0 Å². The monoisotopic (exact) mass is 334 g/mol. The summed E-state index contributed by atoms with van der Waals surface area (Å²) < 4.78 is 16.2. The molecule has 1 saturated heterocycles. The van der Waals surface area contributed by atoms with Crippen LogP contribution in [0.15, 0.2) is 12.8 Å². The number of ether oxygens (including phenoxy) is 3. The maximum Gasteiger partial charge on any atom is 0.162 e. The summed E-state index contributed by atoms with van der Waals surface area (Å²) in [5.74, 6) is 1.90. The first-order chi connectivity index (χ1) is 8.89. The van der Waals surface area contributed by atoms with Gasteiger partial charge in [0.05, 0.1) is 31.4 Å². The fourth-order valence-electron chi connectivity index (χ4n) is 1.12. The fourth-order valence-corrected chi connectivity index (χ4v) is 1.12. The van der Waals surface area contributed by atoms with Gasteiger partial charge in [0.15, 0.2) is 5.79 Å². The Hall–Kier alpha value is -0.500. The van der Waals surface area contributed by atoms with Crippen LogP contribution in [0.1, 0.15) is 34.6 Å². The molecule has 0 aromatic rings. The average molecular weight is 335 g/mol. The second-order valence-corrected chi connectivity index (χ2v) is 5.16. The maximum absolute atomic E-state index is 5.54. The van der Waals surface area contributed by atoms with Gasteiger partial charge in [-0.2, -0.15) is 0 Å². The van der Waals surface area contributed by atoms with E-state index in [0.717, 1.165) is 0 Å². The number of terminal acetylenes is 1. The van der Waals surface area contributed by atoms with Gasteiger partial charge in [0.25, 0.3) is 0 Å². The van der Waals surface area contributed by atoms with Crippen molar-refractivity contribution < 1.29 is 14.2 Å². The Labute approximate surface area is 126 Å². The summed E-state index contributed by atoms with van der Waals surface area (Å²) in [6.45, 7) is 15.3. The molecule has 0 N–H and O–H groups in total. The zero-order valence-electron chi connectivity index (χ0n) is 12.8. The van der Waals surface area contributed by atoms with Crippen LogP contribution in [-0.4, -0.2) is 30.9 Å². The lowest BCUT2D eigenvalue weighted by atomic mass is 9.93. The summed E-state index contributed by atoms with van der Waals surface area (Å²) in [6, 6.07) is 0. The Morgan fingerprint density at radius 2 is 1.74 bits per heavy atom. The highest BCUT2D eigenvalue weighted by Crippen LogP contribution is 2.29. The summed E-state index contributed by atoms with van der Waals surface area (Å²) in [7, 11) is 0. The van der Waals surface area contributed by atoms with Crippen LogP contribution in [0.4, 0.5) is 0 Å². The van der Waals surface area contributed by atoms with Gasteiger partial charge < -0.3 is 14.2 Å². The third kappa shape index (κ3) is 11.1. The molecule has 0 aliphatic carbocycles. The normalized spacial score (nSPS) is 18.6. The molecular weight excluding hydrogens is 308 g/mol. The Bertz CT molecular complexity index is 259. The Morgan fingerprint density at radius 3 is 2.05 bits per heavy atom. The predicted molar refractivity (Wildman–Crippen MR) is 84.2 cm³/mol. The minimum atomic E-state index is -0.451. The van der Waals surface area contributed by atoms with E-state index in [1.54, 1.807) is 0 Å². The van der Waals surface area contributed by atoms with Crippen LogP contribution < -0.4 is 0 Å². The molecule has 0 atom stereocenters. The minimum absolute atomic E-state index is 0.0519. The van der Waals surface area contributed by atoms with Crippen molar-refractivity contribution in [3.63, 3.8) is 0 Å². The van der Waals surface area contributed by atoms with Crippen LogP contribution in [0.25, 0.3) is 0 Å². The average Bonchev–Trinajstić information content (AvgIpc) is 2.43. The Morgan fingerprint density at radius 1 is 1.32 bits per heavy atom. The molecule has 112 valence electrons. The summed E-state index contributed by atoms with van der Waals surface area (Å²) in [5.41, 5.74) is -0.0519. The summed E-state index contributed by atoms with van der Waals surface area (Å²) in [5, 5.41) is 0.660. The molecule has 0 aromatic heterocycles. The lowest BCUT2D eigenvalue weighted by molar-refractivity contribution is -0.286. The smallest absolute Gasteiger partial charge is 0.162 e. The fraction of sp³-hybridized carbons (Fsp3) is 0.733. The molecule has 0 amide bonds. The first-order valence-corrected chi connectivity index (χ1v) is 7.51. The molecule has 0 unspecified atom stereocenters. The second-order valence-electron chi connectivity index (χ2n) is 4.60. The molecule has 1 fully saturated rings. The highest BCUT2D eigenvalue weighted by molar-refractivity contribution is 9.09. The van der Waals surface area contributed by atoms with E-state index in [0.29, 0.717) is 25.2 Å². The van der Waals surface area contributed by atoms with Crippen molar-refractivity contribution in [1.29, 1.82) is 0 Å². The molecule has 0 saturated carbocycles. The van der Waals surface area contributed by atoms with Crippen molar-refractivity contribution in [1.82, 2.24) is 0 Å². The van der Waals surface area contributed by atoms with Crippen LogP contribution in [-0.2, 0) is 14.2 Å². The largest absolute Gasteiger partial charge is 0.501 e. The highest BCUT2D eigenvalue weighted by atomic mass is 79.9. The van der Waals surface area contributed by atoms with E-state index in [9.17, 15) is 0 Å². The van der Waals surface area contributed by atoms with Gasteiger partial charge in [-0.1, -0.05) is 49.2 Å². The molecule has 0 spiro atoms. The molecule has 1 rings (SSSR count). The third-order valence-corrected chi connectivity index (χ3v) is 2.49.